The van der Waals surface area contributed by atoms with Gasteiger partial charge in [-0.25, -0.2) is 4.98 Å². The Hall–Kier alpha value is -3.44. The summed E-state index contributed by atoms with van der Waals surface area (Å²) in [5.74, 6) is 0.932. The number of fused-ring (bicyclic) bond motifs is 1. The van der Waals surface area contributed by atoms with E-state index < -0.39 is 28.1 Å². The lowest BCUT2D eigenvalue weighted by Crippen LogP contribution is -2.59. The monoisotopic (exact) mass is 529 g/mol. The van der Waals surface area contributed by atoms with Gasteiger partial charge in [-0.1, -0.05) is 18.2 Å². The molecule has 3 aromatic rings. The van der Waals surface area contributed by atoms with E-state index in [2.05, 4.69) is 34.2 Å². The molecule has 5 rings (SSSR count). The number of hydrogen-bond acceptors (Lipinski definition) is 7. The van der Waals surface area contributed by atoms with Crippen LogP contribution in [-0.2, 0) is 6.18 Å². The van der Waals surface area contributed by atoms with Gasteiger partial charge in [-0.3, -0.25) is 15.0 Å². The number of aryl methyl sites for hydroxylation is 1. The van der Waals surface area contributed by atoms with Crippen LogP contribution in [0.5, 0.6) is 0 Å². The van der Waals surface area contributed by atoms with E-state index in [4.69, 9.17) is 4.98 Å². The van der Waals surface area contributed by atoms with E-state index in [1.165, 1.54) is 11.6 Å². The van der Waals surface area contributed by atoms with Crippen LogP contribution in [0.4, 0.5) is 30.4 Å². The third kappa shape index (κ3) is 5.25. The van der Waals surface area contributed by atoms with E-state index in [0.717, 1.165) is 41.9 Å². The Kier molecular flexibility index (Phi) is 6.91. The Morgan fingerprint density at radius 3 is 2.42 bits per heavy atom. The first-order valence-electron chi connectivity index (χ1n) is 12.7. The summed E-state index contributed by atoms with van der Waals surface area (Å²) in [6, 6.07) is 13.0. The molecule has 0 bridgehead atoms. The Bertz CT molecular complexity index is 1330. The molecule has 11 heteroatoms. The molecule has 38 heavy (non-hydrogen) atoms. The quantitative estimate of drug-likeness (QED) is 0.341. The zero-order chi connectivity index (χ0) is 27.1. The van der Waals surface area contributed by atoms with Crippen molar-refractivity contribution in [3.8, 4) is 0 Å². The minimum absolute atomic E-state index is 0.135. The highest BCUT2D eigenvalue weighted by molar-refractivity contribution is 5.83. The molecule has 0 unspecified atom stereocenters. The molecule has 1 aliphatic carbocycles. The van der Waals surface area contributed by atoms with E-state index in [9.17, 15) is 28.4 Å². The van der Waals surface area contributed by atoms with Gasteiger partial charge in [-0.2, -0.15) is 13.2 Å². The number of rotatable bonds is 5. The first-order chi connectivity index (χ1) is 18.0. The zero-order valence-electron chi connectivity index (χ0n) is 21.0. The molecular weight excluding hydrogens is 499 g/mol. The normalized spacial score (nSPS) is 23.0. The number of para-hydroxylation sites is 1. The molecular formula is C27H30F3N5O3. The number of aliphatic hydroxyl groups is 1. The average molecular weight is 530 g/mol. The molecule has 0 atom stereocenters. The van der Waals surface area contributed by atoms with E-state index in [1.54, 1.807) is 0 Å². The Morgan fingerprint density at radius 2 is 1.76 bits per heavy atom. The van der Waals surface area contributed by atoms with Gasteiger partial charge in [0.2, 0.25) is 0 Å². The summed E-state index contributed by atoms with van der Waals surface area (Å²) >= 11 is 0. The van der Waals surface area contributed by atoms with Crippen LogP contribution in [0.1, 0.15) is 36.8 Å². The maximum absolute atomic E-state index is 13.3. The van der Waals surface area contributed by atoms with Crippen molar-refractivity contribution in [1.29, 1.82) is 0 Å². The van der Waals surface area contributed by atoms with Crippen LogP contribution < -0.4 is 10.2 Å². The van der Waals surface area contributed by atoms with Gasteiger partial charge in [0, 0.05) is 49.4 Å². The molecule has 2 fully saturated rings. The SMILES string of the molecule is Cc1cc(N2CCN(C3(O)CCC(Nc4ccc([N+](=O)[O-])c(C(F)(F)F)c4)CC3)CC2)nc2ccccc12. The number of piperazine rings is 1. The second-order valence-electron chi connectivity index (χ2n) is 10.2. The highest BCUT2D eigenvalue weighted by Gasteiger charge is 2.41. The van der Waals surface area contributed by atoms with Crippen LogP contribution in [-0.4, -0.2) is 57.9 Å². The molecule has 1 aromatic heterocycles. The number of anilines is 2. The average Bonchev–Trinajstić information content (AvgIpc) is 2.89. The van der Waals surface area contributed by atoms with Gasteiger partial charge in [0.1, 0.15) is 17.1 Å². The molecule has 0 radical (unpaired) electrons. The second-order valence-corrected chi connectivity index (χ2v) is 10.2. The van der Waals surface area contributed by atoms with Crippen LogP contribution in [0.15, 0.2) is 48.5 Å². The van der Waals surface area contributed by atoms with Crippen LogP contribution in [0.2, 0.25) is 0 Å². The molecule has 2 aromatic carbocycles. The lowest BCUT2D eigenvalue weighted by atomic mass is 9.86. The highest BCUT2D eigenvalue weighted by Crippen LogP contribution is 2.39. The molecule has 1 aliphatic heterocycles. The molecule has 2 aliphatic rings. The fourth-order valence-electron chi connectivity index (χ4n) is 5.63. The third-order valence-electron chi connectivity index (χ3n) is 7.76. The van der Waals surface area contributed by atoms with Crippen molar-refractivity contribution in [2.45, 2.75) is 50.6 Å². The van der Waals surface area contributed by atoms with Crippen molar-refractivity contribution >= 4 is 28.1 Å². The predicted octanol–water partition coefficient (Wildman–Crippen LogP) is 5.34. The first kappa shape index (κ1) is 26.2. The lowest BCUT2D eigenvalue weighted by Gasteiger charge is -2.48. The van der Waals surface area contributed by atoms with Gasteiger partial charge in [-0.05, 0) is 62.4 Å². The predicted molar refractivity (Wildman–Crippen MR) is 139 cm³/mol. The number of hydrogen-bond donors (Lipinski definition) is 2. The van der Waals surface area contributed by atoms with E-state index in [-0.39, 0.29) is 11.7 Å². The standard InChI is InChI=1S/C27H30F3N5O3/c1-18-16-25(32-23-5-3-2-4-21(18)23)33-12-14-34(15-13-33)26(36)10-8-19(9-11-26)31-20-6-7-24(35(37)38)22(17-20)27(28,29)30/h2-7,16-17,19,31,36H,8-15H2,1H3. The minimum Gasteiger partial charge on any atom is -0.382 e. The van der Waals surface area contributed by atoms with E-state index in [0.29, 0.717) is 38.8 Å². The Labute approximate surface area is 218 Å². The Balaban J connectivity index is 1.19. The number of aromatic nitrogens is 1. The van der Waals surface area contributed by atoms with Gasteiger partial charge in [0.25, 0.3) is 5.69 Å². The molecule has 0 spiro atoms. The van der Waals surface area contributed by atoms with E-state index >= 15 is 0 Å². The largest absolute Gasteiger partial charge is 0.423 e. The van der Waals surface area contributed by atoms with Crippen LogP contribution in [0.25, 0.3) is 10.9 Å². The molecule has 8 nitrogen and oxygen atoms in total. The van der Waals surface area contributed by atoms with Crippen molar-refractivity contribution in [1.82, 2.24) is 9.88 Å². The molecule has 1 saturated heterocycles. The maximum Gasteiger partial charge on any atom is 0.423 e. The Morgan fingerprint density at radius 1 is 1.08 bits per heavy atom. The number of benzene rings is 2. The molecule has 2 heterocycles. The maximum atomic E-state index is 13.3. The van der Waals surface area contributed by atoms with Crippen molar-refractivity contribution in [2.24, 2.45) is 0 Å². The topological polar surface area (TPSA) is 94.8 Å². The third-order valence-corrected chi connectivity index (χ3v) is 7.76. The summed E-state index contributed by atoms with van der Waals surface area (Å²) in [6.45, 7) is 4.91. The van der Waals surface area contributed by atoms with E-state index in [1.807, 2.05) is 18.2 Å². The molecule has 1 saturated carbocycles. The highest BCUT2D eigenvalue weighted by atomic mass is 19.4. The second kappa shape index (κ2) is 10.0. The number of pyridine rings is 1. The summed E-state index contributed by atoms with van der Waals surface area (Å²) in [5, 5.41) is 26.6. The summed E-state index contributed by atoms with van der Waals surface area (Å²) in [6.07, 6.45) is -2.72. The molecule has 0 amide bonds. The van der Waals surface area contributed by atoms with Crippen molar-refractivity contribution in [3.05, 3.63) is 69.8 Å². The summed E-state index contributed by atoms with van der Waals surface area (Å²) < 4.78 is 40.0. The van der Waals surface area contributed by atoms with Crippen LogP contribution in [0.3, 0.4) is 0 Å². The first-order valence-corrected chi connectivity index (χ1v) is 12.7. The number of nitro benzene ring substituents is 1. The fraction of sp³-hybridized carbons (Fsp3) is 0.444. The van der Waals surface area contributed by atoms with Crippen molar-refractivity contribution in [2.75, 3.05) is 36.4 Å². The van der Waals surface area contributed by atoms with Gasteiger partial charge < -0.3 is 15.3 Å². The molecule has 202 valence electrons. The number of nitro groups is 1. The van der Waals surface area contributed by atoms with Crippen molar-refractivity contribution in [3.63, 3.8) is 0 Å². The van der Waals surface area contributed by atoms with Crippen LogP contribution >= 0.6 is 0 Å². The van der Waals surface area contributed by atoms with Gasteiger partial charge >= 0.3 is 6.18 Å². The lowest BCUT2D eigenvalue weighted by molar-refractivity contribution is -0.388. The number of halogens is 3. The zero-order valence-corrected chi connectivity index (χ0v) is 21.0. The summed E-state index contributed by atoms with van der Waals surface area (Å²) in [5.41, 5.74) is -0.880. The fourth-order valence-corrected chi connectivity index (χ4v) is 5.63. The summed E-state index contributed by atoms with van der Waals surface area (Å²) in [4.78, 5) is 19.1. The number of nitrogens with one attached hydrogen (secondary N) is 1. The summed E-state index contributed by atoms with van der Waals surface area (Å²) in [7, 11) is 0. The number of alkyl halides is 3. The molecule has 2 N–H and O–H groups in total. The smallest absolute Gasteiger partial charge is 0.382 e. The number of nitrogens with zero attached hydrogens (tertiary/aromatic N) is 4. The van der Waals surface area contributed by atoms with Gasteiger partial charge in [0.15, 0.2) is 0 Å². The van der Waals surface area contributed by atoms with Crippen LogP contribution in [0, 0.1) is 17.0 Å². The minimum atomic E-state index is -4.82. The van der Waals surface area contributed by atoms with Gasteiger partial charge in [0.05, 0.1) is 10.4 Å². The van der Waals surface area contributed by atoms with Crippen molar-refractivity contribution < 1.29 is 23.2 Å². The van der Waals surface area contributed by atoms with Gasteiger partial charge in [-0.15, -0.1) is 0 Å².